The Morgan fingerprint density at radius 1 is 1.13 bits per heavy atom. The summed E-state index contributed by atoms with van der Waals surface area (Å²) in [5.74, 6) is 0.536. The number of halogens is 1. The van der Waals surface area contributed by atoms with Crippen molar-refractivity contribution >= 4 is 31.9 Å². The third-order valence-corrected chi connectivity index (χ3v) is 8.00. The largest absolute Gasteiger partial charge is 0.467 e. The molecule has 0 radical (unpaired) electrons. The summed E-state index contributed by atoms with van der Waals surface area (Å²) in [6, 6.07) is 17.4. The van der Waals surface area contributed by atoms with Crippen LogP contribution in [-0.4, -0.2) is 37.1 Å². The number of furan rings is 1. The number of nitrogens with zero attached hydrogens (tertiary/aromatic N) is 2. The maximum Gasteiger partial charge on any atom is 0.243 e. The quantitative estimate of drug-likeness (QED) is 0.501. The first kappa shape index (κ1) is 21.8. The molecule has 8 heteroatoms. The molecule has 0 fully saturated rings. The zero-order chi connectivity index (χ0) is 22.0. The molecule has 1 atom stereocenters. The van der Waals surface area contributed by atoms with Crippen LogP contribution in [0.5, 0.6) is 0 Å². The number of sulfonamides is 1. The van der Waals surface area contributed by atoms with Gasteiger partial charge in [0.25, 0.3) is 0 Å². The van der Waals surface area contributed by atoms with E-state index in [1.165, 1.54) is 4.31 Å². The van der Waals surface area contributed by atoms with Crippen LogP contribution in [0.25, 0.3) is 0 Å². The maximum atomic E-state index is 13.5. The van der Waals surface area contributed by atoms with Gasteiger partial charge >= 0.3 is 0 Å². The van der Waals surface area contributed by atoms with Crippen LogP contribution in [0.3, 0.4) is 0 Å². The van der Waals surface area contributed by atoms with Crippen molar-refractivity contribution in [3.8, 4) is 0 Å². The molecule has 0 N–H and O–H groups in total. The highest BCUT2D eigenvalue weighted by atomic mass is 79.9. The molecule has 0 bridgehead atoms. The molecule has 1 amide bonds. The average Bonchev–Trinajstić information content (AvgIpc) is 3.27. The highest BCUT2D eigenvalue weighted by molar-refractivity contribution is 9.10. The molecule has 6 nitrogen and oxygen atoms in total. The molecule has 0 saturated carbocycles. The molecule has 0 unspecified atom stereocenters. The fourth-order valence-electron chi connectivity index (χ4n) is 3.92. The predicted octanol–water partition coefficient (Wildman–Crippen LogP) is 4.38. The van der Waals surface area contributed by atoms with Gasteiger partial charge in [0.15, 0.2) is 0 Å². The molecule has 1 aromatic heterocycles. The second kappa shape index (κ2) is 8.98. The van der Waals surface area contributed by atoms with Crippen LogP contribution in [0.1, 0.15) is 29.3 Å². The van der Waals surface area contributed by atoms with E-state index in [9.17, 15) is 13.2 Å². The number of benzene rings is 2. The van der Waals surface area contributed by atoms with E-state index in [1.807, 2.05) is 30.3 Å². The van der Waals surface area contributed by atoms with E-state index in [-0.39, 0.29) is 17.2 Å². The lowest BCUT2D eigenvalue weighted by atomic mass is 9.92. The van der Waals surface area contributed by atoms with Gasteiger partial charge in [-0.15, -0.1) is 0 Å². The molecular weight excluding hydrogens is 480 g/mol. The molecule has 0 spiro atoms. The van der Waals surface area contributed by atoms with Crippen molar-refractivity contribution in [1.29, 1.82) is 0 Å². The first-order valence-corrected chi connectivity index (χ1v) is 12.2. The predicted molar refractivity (Wildman–Crippen MR) is 121 cm³/mol. The normalized spacial score (nSPS) is 16.6. The Balaban J connectivity index is 1.65. The van der Waals surface area contributed by atoms with Crippen molar-refractivity contribution in [3.05, 3.63) is 88.3 Å². The van der Waals surface area contributed by atoms with Gasteiger partial charge < -0.3 is 9.32 Å². The van der Waals surface area contributed by atoms with Crippen LogP contribution in [0.15, 0.2) is 80.7 Å². The summed E-state index contributed by atoms with van der Waals surface area (Å²) in [5.41, 5.74) is 1.96. The number of fused-ring (bicyclic) bond motifs is 1. The highest BCUT2D eigenvalue weighted by Gasteiger charge is 2.37. The van der Waals surface area contributed by atoms with Crippen molar-refractivity contribution in [2.24, 2.45) is 0 Å². The molecule has 0 saturated heterocycles. The minimum Gasteiger partial charge on any atom is -0.467 e. The van der Waals surface area contributed by atoms with Crippen LogP contribution in [-0.2, 0) is 27.8 Å². The van der Waals surface area contributed by atoms with Crippen molar-refractivity contribution in [1.82, 2.24) is 9.21 Å². The lowest BCUT2D eigenvalue weighted by Crippen LogP contribution is -2.42. The van der Waals surface area contributed by atoms with Crippen molar-refractivity contribution < 1.29 is 17.6 Å². The van der Waals surface area contributed by atoms with Crippen molar-refractivity contribution in [2.45, 2.75) is 30.3 Å². The van der Waals surface area contributed by atoms with Gasteiger partial charge in [-0.2, -0.15) is 4.31 Å². The molecule has 1 aliphatic heterocycles. The summed E-state index contributed by atoms with van der Waals surface area (Å²) in [6.07, 6.45) is 2.24. The van der Waals surface area contributed by atoms with E-state index in [0.717, 1.165) is 15.6 Å². The van der Waals surface area contributed by atoms with E-state index >= 15 is 0 Å². The Hall–Kier alpha value is -2.42. The molecule has 162 valence electrons. The van der Waals surface area contributed by atoms with Crippen molar-refractivity contribution in [2.75, 3.05) is 13.6 Å². The molecule has 1 aliphatic rings. The summed E-state index contributed by atoms with van der Waals surface area (Å²) in [4.78, 5) is 14.8. The summed E-state index contributed by atoms with van der Waals surface area (Å²) >= 11 is 3.35. The summed E-state index contributed by atoms with van der Waals surface area (Å²) in [5, 5.41) is 0. The summed E-state index contributed by atoms with van der Waals surface area (Å²) in [6.45, 7) is 0.662. The lowest BCUT2D eigenvalue weighted by molar-refractivity contribution is -0.131. The molecule has 4 rings (SSSR count). The molecule has 3 aromatic rings. The van der Waals surface area contributed by atoms with Gasteiger partial charge in [0, 0.05) is 24.5 Å². The summed E-state index contributed by atoms with van der Waals surface area (Å²) in [7, 11) is -2.07. The first-order chi connectivity index (χ1) is 14.9. The monoisotopic (exact) mass is 502 g/mol. The molecule has 31 heavy (non-hydrogen) atoms. The summed E-state index contributed by atoms with van der Waals surface area (Å²) < 4.78 is 34.6. The van der Waals surface area contributed by atoms with E-state index in [0.29, 0.717) is 25.3 Å². The van der Waals surface area contributed by atoms with Gasteiger partial charge in [-0.05, 0) is 53.9 Å². The molecule has 2 heterocycles. The zero-order valence-electron chi connectivity index (χ0n) is 17.1. The van der Waals surface area contributed by atoms with Gasteiger partial charge in [-0.3, -0.25) is 4.79 Å². The van der Waals surface area contributed by atoms with E-state index < -0.39 is 16.1 Å². The van der Waals surface area contributed by atoms with Crippen molar-refractivity contribution in [3.63, 3.8) is 0 Å². The third kappa shape index (κ3) is 4.61. The van der Waals surface area contributed by atoms with E-state index in [2.05, 4.69) is 15.9 Å². The molecule has 0 aliphatic carbocycles. The first-order valence-electron chi connectivity index (χ1n) is 9.98. The van der Waals surface area contributed by atoms with Gasteiger partial charge in [0.1, 0.15) is 5.76 Å². The van der Waals surface area contributed by atoms with Gasteiger partial charge in [0.05, 0.1) is 23.7 Å². The number of carbonyl (C=O) groups is 1. The number of hydrogen-bond acceptors (Lipinski definition) is 4. The van der Waals surface area contributed by atoms with Crippen LogP contribution in [0.2, 0.25) is 0 Å². The van der Waals surface area contributed by atoms with E-state index in [1.54, 1.807) is 48.5 Å². The third-order valence-electron chi connectivity index (χ3n) is 5.55. The average molecular weight is 503 g/mol. The maximum absolute atomic E-state index is 13.5. The Morgan fingerprint density at radius 3 is 2.58 bits per heavy atom. The standard InChI is InChI=1S/C23H23BrN2O4S/c1-25(16-19-6-4-14-30-19)23(27)15-22-21-7-3-2-5-17(21)12-13-26(22)31(28,29)20-10-8-18(24)9-11-20/h2-11,14,22H,12-13,15-16H2,1H3/t22-/m1/s1. The van der Waals surface area contributed by atoms with Gasteiger partial charge in [-0.25, -0.2) is 8.42 Å². The number of carbonyl (C=O) groups excluding carboxylic acids is 1. The second-order valence-corrected chi connectivity index (χ2v) is 10.4. The fourth-order valence-corrected chi connectivity index (χ4v) is 5.79. The number of amides is 1. The van der Waals surface area contributed by atoms with Crippen LogP contribution in [0.4, 0.5) is 0 Å². The van der Waals surface area contributed by atoms with Gasteiger partial charge in [-0.1, -0.05) is 40.2 Å². The number of hydrogen-bond donors (Lipinski definition) is 0. The Morgan fingerprint density at radius 2 is 1.87 bits per heavy atom. The Labute approximate surface area is 190 Å². The lowest BCUT2D eigenvalue weighted by Gasteiger charge is -2.36. The minimum absolute atomic E-state index is 0.0595. The van der Waals surface area contributed by atoms with Crippen LogP contribution in [0, 0.1) is 0 Å². The zero-order valence-corrected chi connectivity index (χ0v) is 19.5. The van der Waals surface area contributed by atoms with Crippen LogP contribution < -0.4 is 0 Å². The van der Waals surface area contributed by atoms with Crippen LogP contribution >= 0.6 is 15.9 Å². The fraction of sp³-hybridized carbons (Fsp3) is 0.261. The Bertz CT molecular complexity index is 1160. The minimum atomic E-state index is -3.77. The highest BCUT2D eigenvalue weighted by Crippen LogP contribution is 2.37. The smallest absolute Gasteiger partial charge is 0.243 e. The SMILES string of the molecule is CN(Cc1ccco1)C(=O)C[C@@H]1c2ccccc2CCN1S(=O)(=O)c1ccc(Br)cc1. The van der Waals surface area contributed by atoms with Gasteiger partial charge in [0.2, 0.25) is 15.9 Å². The molecule has 2 aromatic carbocycles. The number of rotatable bonds is 6. The van der Waals surface area contributed by atoms with E-state index in [4.69, 9.17) is 4.42 Å². The topological polar surface area (TPSA) is 70.8 Å². The molecular formula is C23H23BrN2O4S. The Kier molecular flexibility index (Phi) is 6.31. The second-order valence-electron chi connectivity index (χ2n) is 7.57.